The maximum atomic E-state index is 6.76. The fraction of sp³-hybridized carbons (Fsp3) is 0.0492. The molecule has 0 fully saturated rings. The minimum Gasteiger partial charge on any atom is -0.456 e. The maximum Gasteiger partial charge on any atom is 0.136 e. The molecule has 1 aliphatic carbocycles. The predicted octanol–water partition coefficient (Wildman–Crippen LogP) is 17.0. The summed E-state index contributed by atoms with van der Waals surface area (Å²) in [6.07, 6.45) is 1.84. The Bertz CT molecular complexity index is 3340. The van der Waals surface area contributed by atoms with Crippen LogP contribution in [-0.2, 0) is 6.42 Å². The average molecular weight is 806 g/mol. The largest absolute Gasteiger partial charge is 0.456 e. The predicted molar refractivity (Wildman–Crippen MR) is 264 cm³/mol. The average Bonchev–Trinajstić information content (AvgIpc) is 3.64. The Morgan fingerprint density at radius 3 is 1.67 bits per heavy atom. The summed E-state index contributed by atoms with van der Waals surface area (Å²) in [7, 11) is 0. The molecule has 1 aliphatic rings. The molecule has 11 aromatic rings. The van der Waals surface area contributed by atoms with E-state index >= 15 is 0 Å². The van der Waals surface area contributed by atoms with Crippen LogP contribution < -0.4 is 4.90 Å². The molecule has 1 aromatic heterocycles. The first-order valence-electron chi connectivity index (χ1n) is 22.0. The van der Waals surface area contributed by atoms with Crippen LogP contribution in [0.2, 0.25) is 0 Å². The monoisotopic (exact) mass is 805 g/mol. The molecular weight excluding hydrogens is 763 g/mol. The molecule has 10 aromatic carbocycles. The number of anilines is 3. The van der Waals surface area contributed by atoms with Gasteiger partial charge in [-0.05, 0) is 128 Å². The van der Waals surface area contributed by atoms with Crippen LogP contribution >= 0.6 is 0 Å². The quantitative estimate of drug-likeness (QED) is 0.160. The Hall–Kier alpha value is -7.94. The Morgan fingerprint density at radius 1 is 0.413 bits per heavy atom. The molecule has 0 saturated carbocycles. The van der Waals surface area contributed by atoms with Gasteiger partial charge in [0.25, 0.3) is 0 Å². The van der Waals surface area contributed by atoms with E-state index in [1.165, 1.54) is 83.0 Å². The van der Waals surface area contributed by atoms with Crippen molar-refractivity contribution in [3.63, 3.8) is 0 Å². The lowest BCUT2D eigenvalue weighted by Gasteiger charge is -2.32. The second-order valence-corrected chi connectivity index (χ2v) is 16.7. The van der Waals surface area contributed by atoms with Crippen molar-refractivity contribution in [2.45, 2.75) is 18.8 Å². The van der Waals surface area contributed by atoms with Crippen LogP contribution in [-0.4, -0.2) is 0 Å². The van der Waals surface area contributed by atoms with Crippen molar-refractivity contribution >= 4 is 49.8 Å². The van der Waals surface area contributed by atoms with E-state index in [2.05, 4.69) is 235 Å². The first kappa shape index (κ1) is 36.9. The summed E-state index contributed by atoms with van der Waals surface area (Å²) in [5.74, 6) is 0.118. The van der Waals surface area contributed by atoms with Gasteiger partial charge in [0.1, 0.15) is 11.2 Å². The lowest BCUT2D eigenvalue weighted by atomic mass is 9.82. The molecule has 0 amide bonds. The van der Waals surface area contributed by atoms with Crippen molar-refractivity contribution in [3.05, 3.63) is 247 Å². The van der Waals surface area contributed by atoms with Gasteiger partial charge in [0, 0.05) is 33.6 Å². The molecule has 1 unspecified atom stereocenters. The number of nitrogens with zero attached hydrogens (tertiary/aromatic N) is 1. The van der Waals surface area contributed by atoms with Crippen molar-refractivity contribution < 1.29 is 4.42 Å². The summed E-state index contributed by atoms with van der Waals surface area (Å²) in [6, 6.07) is 84.2. The van der Waals surface area contributed by atoms with E-state index in [4.69, 9.17) is 4.42 Å². The zero-order valence-electron chi connectivity index (χ0n) is 34.8. The summed E-state index contributed by atoms with van der Waals surface area (Å²) in [5, 5.41) is 4.76. The van der Waals surface area contributed by atoms with E-state index in [1.54, 1.807) is 0 Å². The number of para-hydroxylation sites is 1. The highest BCUT2D eigenvalue weighted by Crippen LogP contribution is 2.54. The summed E-state index contributed by atoms with van der Waals surface area (Å²) in [5.41, 5.74) is 19.0. The lowest BCUT2D eigenvalue weighted by molar-refractivity contribution is 0.667. The van der Waals surface area contributed by atoms with Crippen molar-refractivity contribution in [3.8, 4) is 44.5 Å². The van der Waals surface area contributed by atoms with Gasteiger partial charge in [-0.15, -0.1) is 0 Å². The molecule has 2 nitrogen and oxygen atoms in total. The molecule has 1 atom stereocenters. The van der Waals surface area contributed by atoms with Gasteiger partial charge in [-0.2, -0.15) is 0 Å². The summed E-state index contributed by atoms with van der Waals surface area (Å²) in [6.45, 7) is 0. The third kappa shape index (κ3) is 6.51. The van der Waals surface area contributed by atoms with Crippen LogP contribution in [0.4, 0.5) is 17.1 Å². The highest BCUT2D eigenvalue weighted by Gasteiger charge is 2.32. The van der Waals surface area contributed by atoms with Crippen LogP contribution in [0.5, 0.6) is 0 Å². The van der Waals surface area contributed by atoms with Crippen LogP contribution in [0, 0.1) is 0 Å². The van der Waals surface area contributed by atoms with Crippen LogP contribution in [0.3, 0.4) is 0 Å². The van der Waals surface area contributed by atoms with E-state index < -0.39 is 0 Å². The van der Waals surface area contributed by atoms with E-state index in [9.17, 15) is 0 Å². The highest BCUT2D eigenvalue weighted by molar-refractivity contribution is 6.17. The number of fused-ring (bicyclic) bond motifs is 7. The van der Waals surface area contributed by atoms with Gasteiger partial charge < -0.3 is 9.32 Å². The number of hydrogen-bond donors (Lipinski definition) is 0. The highest BCUT2D eigenvalue weighted by atomic mass is 16.3. The van der Waals surface area contributed by atoms with Crippen LogP contribution in [0.1, 0.15) is 29.0 Å². The minimum absolute atomic E-state index is 0.118. The second-order valence-electron chi connectivity index (χ2n) is 16.7. The van der Waals surface area contributed by atoms with Gasteiger partial charge in [0.15, 0.2) is 0 Å². The fourth-order valence-electron chi connectivity index (χ4n) is 10.2. The summed E-state index contributed by atoms with van der Waals surface area (Å²) < 4.78 is 6.76. The fourth-order valence-corrected chi connectivity index (χ4v) is 10.2. The molecule has 0 aliphatic heterocycles. The lowest BCUT2D eigenvalue weighted by Crippen LogP contribution is -2.15. The normalized spacial score (nSPS) is 13.4. The molecule has 12 rings (SSSR count). The SMILES string of the molecule is c1ccc(-c2ccc(N(c3ccc(-c4ccccc4)cc3)c3cccc4c3C(c3ccccc3)CCc3cc5oc6ccccc6c5c(-c5ccc6ccccc6c5)c3-4)cc2)cc1. The van der Waals surface area contributed by atoms with Gasteiger partial charge in [0.05, 0.1) is 5.69 Å². The van der Waals surface area contributed by atoms with Crippen molar-refractivity contribution in [1.29, 1.82) is 0 Å². The molecule has 1 heterocycles. The third-order valence-corrected chi connectivity index (χ3v) is 13.1. The summed E-state index contributed by atoms with van der Waals surface area (Å²) >= 11 is 0. The van der Waals surface area contributed by atoms with Crippen molar-refractivity contribution in [2.24, 2.45) is 0 Å². The molecule has 2 heteroatoms. The Balaban J connectivity index is 1.15. The molecule has 0 radical (unpaired) electrons. The molecule has 298 valence electrons. The van der Waals surface area contributed by atoms with Crippen LogP contribution in [0.15, 0.2) is 235 Å². The van der Waals surface area contributed by atoms with E-state index in [-0.39, 0.29) is 5.92 Å². The van der Waals surface area contributed by atoms with E-state index in [0.29, 0.717) is 0 Å². The molecule has 0 bridgehead atoms. The number of rotatable bonds is 7. The Kier molecular flexibility index (Phi) is 9.08. The van der Waals surface area contributed by atoms with Crippen molar-refractivity contribution in [1.82, 2.24) is 0 Å². The number of benzene rings is 10. The number of furan rings is 1. The maximum absolute atomic E-state index is 6.76. The Labute approximate surface area is 368 Å². The van der Waals surface area contributed by atoms with Gasteiger partial charge >= 0.3 is 0 Å². The van der Waals surface area contributed by atoms with E-state index in [0.717, 1.165) is 40.8 Å². The molecule has 0 saturated heterocycles. The van der Waals surface area contributed by atoms with Gasteiger partial charge in [-0.25, -0.2) is 0 Å². The first-order chi connectivity index (χ1) is 31.2. The van der Waals surface area contributed by atoms with Gasteiger partial charge in [0.2, 0.25) is 0 Å². The van der Waals surface area contributed by atoms with Crippen molar-refractivity contribution in [2.75, 3.05) is 4.90 Å². The van der Waals surface area contributed by atoms with Gasteiger partial charge in [-0.3, -0.25) is 0 Å². The first-order valence-corrected chi connectivity index (χ1v) is 22.0. The van der Waals surface area contributed by atoms with E-state index in [1.807, 2.05) is 0 Å². The van der Waals surface area contributed by atoms with Crippen LogP contribution in [0.25, 0.3) is 77.2 Å². The topological polar surface area (TPSA) is 16.4 Å². The zero-order chi connectivity index (χ0) is 41.7. The number of aryl methyl sites for hydroxylation is 1. The minimum atomic E-state index is 0.118. The smallest absolute Gasteiger partial charge is 0.136 e. The summed E-state index contributed by atoms with van der Waals surface area (Å²) in [4.78, 5) is 2.49. The third-order valence-electron chi connectivity index (χ3n) is 13.1. The molecule has 0 spiro atoms. The second kappa shape index (κ2) is 15.5. The molecular formula is C61H43NO. The zero-order valence-corrected chi connectivity index (χ0v) is 34.8. The molecule has 63 heavy (non-hydrogen) atoms. The van der Waals surface area contributed by atoms with Gasteiger partial charge in [-0.1, -0.05) is 182 Å². The standard InChI is InChI=1S/C61H43NO/c1-4-15-41(16-5-1)44-29-34-50(35-30-44)62(51-36-31-45(32-37-51)42-17-6-2-7-18-42)55-25-14-24-54-58-49(33-38-52(60(54)55)46-20-8-3-9-21-46)40-57-61(53-23-12-13-26-56(53)63-57)59(58)48-28-27-43-19-10-11-22-47(43)39-48/h1-32,34-37,39-40,52H,33,38H2. The number of hydrogen-bond acceptors (Lipinski definition) is 2. The molecule has 0 N–H and O–H groups in total. The Morgan fingerprint density at radius 2 is 0.984 bits per heavy atom.